The third-order valence-corrected chi connectivity index (χ3v) is 2.92. The Hall–Kier alpha value is -2.10. The van der Waals surface area contributed by atoms with Crippen molar-refractivity contribution in [1.29, 1.82) is 0 Å². The summed E-state index contributed by atoms with van der Waals surface area (Å²) < 4.78 is 0. The molecular weight excluding hydrogens is 242 g/mol. The highest BCUT2D eigenvalue weighted by Crippen LogP contribution is 2.13. The van der Waals surface area contributed by atoms with Crippen LogP contribution in [0.2, 0.25) is 0 Å². The number of amides is 1. The average molecular weight is 261 g/mol. The lowest BCUT2D eigenvalue weighted by molar-refractivity contribution is -0.139. The van der Waals surface area contributed by atoms with Crippen LogP contribution in [0.15, 0.2) is 30.4 Å². The van der Waals surface area contributed by atoms with Gasteiger partial charge in [-0.25, -0.2) is 4.79 Å². The molecule has 4 heteroatoms. The molecule has 102 valence electrons. The molecule has 0 radical (unpaired) electrons. The molecule has 0 saturated heterocycles. The lowest BCUT2D eigenvalue weighted by Gasteiger charge is -2.15. The number of allylic oxidation sites excluding steroid dienone is 1. The van der Waals surface area contributed by atoms with Gasteiger partial charge in [0.15, 0.2) is 0 Å². The summed E-state index contributed by atoms with van der Waals surface area (Å²) in [5, 5.41) is 11.6. The fourth-order valence-electron chi connectivity index (χ4n) is 1.90. The third-order valence-electron chi connectivity index (χ3n) is 2.92. The van der Waals surface area contributed by atoms with Gasteiger partial charge in [0.05, 0.1) is 0 Å². The smallest absolute Gasteiger partial charge is 0.326 e. The van der Waals surface area contributed by atoms with Crippen LogP contribution in [0.5, 0.6) is 0 Å². The number of hydrogen-bond acceptors (Lipinski definition) is 2. The van der Waals surface area contributed by atoms with Gasteiger partial charge < -0.3 is 10.4 Å². The molecule has 1 rings (SSSR count). The highest BCUT2D eigenvalue weighted by Gasteiger charge is 2.21. The van der Waals surface area contributed by atoms with Crippen molar-refractivity contribution < 1.29 is 14.7 Å². The molecule has 0 aliphatic rings. The Labute approximate surface area is 113 Å². The zero-order chi connectivity index (χ0) is 14.4. The molecular formula is C15H19NO3. The van der Waals surface area contributed by atoms with Gasteiger partial charge in [-0.2, -0.15) is 0 Å². The predicted octanol–water partition coefficient (Wildman–Crippen LogP) is 2.45. The summed E-state index contributed by atoms with van der Waals surface area (Å²) in [5.41, 5.74) is 2.23. The van der Waals surface area contributed by atoms with Gasteiger partial charge in [0.1, 0.15) is 6.04 Å². The van der Waals surface area contributed by atoms with E-state index < -0.39 is 12.0 Å². The normalized spacial score (nSPS) is 12.4. The molecule has 2 N–H and O–H groups in total. The van der Waals surface area contributed by atoms with Crippen molar-refractivity contribution >= 4 is 11.9 Å². The van der Waals surface area contributed by atoms with Gasteiger partial charge in [-0.3, -0.25) is 4.79 Å². The largest absolute Gasteiger partial charge is 0.480 e. The fraction of sp³-hybridized carbons (Fsp3) is 0.333. The van der Waals surface area contributed by atoms with E-state index in [4.69, 9.17) is 5.11 Å². The van der Waals surface area contributed by atoms with E-state index in [-0.39, 0.29) is 12.3 Å². The van der Waals surface area contributed by atoms with E-state index in [2.05, 4.69) is 5.32 Å². The van der Waals surface area contributed by atoms with Crippen molar-refractivity contribution in [1.82, 2.24) is 5.32 Å². The second kappa shape index (κ2) is 6.73. The van der Waals surface area contributed by atoms with Crippen LogP contribution in [0.1, 0.15) is 34.8 Å². The number of carboxylic acids is 1. The maximum Gasteiger partial charge on any atom is 0.326 e. The standard InChI is InChI=1S/C15H19NO3/c1-4-5-9-12(15(18)19)16-14(17)13-10(2)7-6-8-11(13)3/h4-8,12H,9H2,1-3H3,(H,16,17)(H,18,19)/b5-4+. The van der Waals surface area contributed by atoms with E-state index in [9.17, 15) is 9.59 Å². The first-order chi connectivity index (χ1) is 8.97. The maximum atomic E-state index is 12.2. The first kappa shape index (κ1) is 15.0. The molecule has 19 heavy (non-hydrogen) atoms. The number of aliphatic carboxylic acids is 1. The van der Waals surface area contributed by atoms with Crippen LogP contribution in [-0.4, -0.2) is 23.0 Å². The second-order valence-corrected chi connectivity index (χ2v) is 4.44. The zero-order valence-corrected chi connectivity index (χ0v) is 11.4. The summed E-state index contributed by atoms with van der Waals surface area (Å²) in [4.78, 5) is 23.3. The minimum Gasteiger partial charge on any atom is -0.480 e. The van der Waals surface area contributed by atoms with Crippen molar-refractivity contribution in [2.24, 2.45) is 0 Å². The van der Waals surface area contributed by atoms with Crippen molar-refractivity contribution in [2.75, 3.05) is 0 Å². The monoisotopic (exact) mass is 261 g/mol. The van der Waals surface area contributed by atoms with E-state index in [1.54, 1.807) is 12.2 Å². The van der Waals surface area contributed by atoms with Crippen molar-refractivity contribution in [3.8, 4) is 0 Å². The first-order valence-corrected chi connectivity index (χ1v) is 6.18. The summed E-state index contributed by atoms with van der Waals surface area (Å²) >= 11 is 0. The Morgan fingerprint density at radius 3 is 2.37 bits per heavy atom. The van der Waals surface area contributed by atoms with Gasteiger partial charge in [0.25, 0.3) is 5.91 Å². The third kappa shape index (κ3) is 3.95. The van der Waals surface area contributed by atoms with Gasteiger partial charge in [0.2, 0.25) is 0 Å². The molecule has 1 amide bonds. The summed E-state index contributed by atoms with van der Waals surface area (Å²) in [5.74, 6) is -1.37. The maximum absolute atomic E-state index is 12.2. The number of carboxylic acid groups (broad SMARTS) is 1. The van der Waals surface area contributed by atoms with Crippen LogP contribution in [0.4, 0.5) is 0 Å². The molecule has 4 nitrogen and oxygen atoms in total. The van der Waals surface area contributed by atoms with Crippen molar-refractivity contribution in [3.63, 3.8) is 0 Å². The van der Waals surface area contributed by atoms with Crippen molar-refractivity contribution in [3.05, 3.63) is 47.0 Å². The fourth-order valence-corrected chi connectivity index (χ4v) is 1.90. The molecule has 1 atom stereocenters. The molecule has 1 aromatic carbocycles. The number of nitrogens with one attached hydrogen (secondary N) is 1. The minimum absolute atomic E-state index is 0.280. The highest BCUT2D eigenvalue weighted by atomic mass is 16.4. The quantitative estimate of drug-likeness (QED) is 0.800. The molecule has 0 aromatic heterocycles. The number of carbonyl (C=O) groups excluding carboxylic acids is 1. The Morgan fingerprint density at radius 1 is 1.32 bits per heavy atom. The van der Waals surface area contributed by atoms with Crippen molar-refractivity contribution in [2.45, 2.75) is 33.2 Å². The van der Waals surface area contributed by atoms with Gasteiger partial charge in [-0.1, -0.05) is 30.4 Å². The van der Waals surface area contributed by atoms with E-state index in [0.29, 0.717) is 5.56 Å². The molecule has 0 fully saturated rings. The SMILES string of the molecule is C/C=C/CC(NC(=O)c1c(C)cccc1C)C(=O)O. The summed E-state index contributed by atoms with van der Waals surface area (Å²) in [6.07, 6.45) is 3.77. The van der Waals surface area contributed by atoms with Gasteiger partial charge in [-0.05, 0) is 38.3 Å². The Balaban J connectivity index is 2.91. The summed E-state index contributed by atoms with van der Waals surface area (Å²) in [6, 6.07) is 4.64. The van der Waals surface area contributed by atoms with Crippen LogP contribution in [0.3, 0.4) is 0 Å². The lowest BCUT2D eigenvalue weighted by atomic mass is 10.0. The van der Waals surface area contributed by atoms with Gasteiger partial charge in [-0.15, -0.1) is 0 Å². The predicted molar refractivity (Wildman–Crippen MR) is 74.2 cm³/mol. The van der Waals surface area contributed by atoms with Gasteiger partial charge in [0, 0.05) is 5.56 Å². The Kier molecular flexibility index (Phi) is 5.30. The summed E-state index contributed by atoms with van der Waals surface area (Å²) in [6.45, 7) is 5.49. The average Bonchev–Trinajstić information content (AvgIpc) is 2.33. The van der Waals surface area contributed by atoms with Crippen LogP contribution >= 0.6 is 0 Å². The van der Waals surface area contributed by atoms with Crippen LogP contribution in [0.25, 0.3) is 0 Å². The molecule has 1 unspecified atom stereocenters. The van der Waals surface area contributed by atoms with E-state index in [1.165, 1.54) is 0 Å². The highest BCUT2D eigenvalue weighted by molar-refractivity contribution is 5.99. The van der Waals surface area contributed by atoms with E-state index >= 15 is 0 Å². The topological polar surface area (TPSA) is 66.4 Å². The molecule has 0 saturated carbocycles. The first-order valence-electron chi connectivity index (χ1n) is 6.18. The minimum atomic E-state index is -1.03. The molecule has 0 aliphatic heterocycles. The number of benzene rings is 1. The van der Waals surface area contributed by atoms with E-state index in [0.717, 1.165) is 11.1 Å². The number of aryl methyl sites for hydroxylation is 2. The number of rotatable bonds is 5. The molecule has 0 aliphatic carbocycles. The second-order valence-electron chi connectivity index (χ2n) is 4.44. The van der Waals surface area contributed by atoms with Crippen LogP contribution in [-0.2, 0) is 4.79 Å². The lowest BCUT2D eigenvalue weighted by Crippen LogP contribution is -2.40. The van der Waals surface area contributed by atoms with Crippen LogP contribution in [0, 0.1) is 13.8 Å². The van der Waals surface area contributed by atoms with E-state index in [1.807, 2.05) is 39.0 Å². The molecule has 0 bridgehead atoms. The molecule has 1 aromatic rings. The molecule has 0 heterocycles. The molecule has 0 spiro atoms. The summed E-state index contributed by atoms with van der Waals surface area (Å²) in [7, 11) is 0. The zero-order valence-electron chi connectivity index (χ0n) is 11.4. The Morgan fingerprint density at radius 2 is 1.89 bits per heavy atom. The Bertz CT molecular complexity index is 486. The van der Waals surface area contributed by atoms with Gasteiger partial charge >= 0.3 is 5.97 Å². The number of carbonyl (C=O) groups is 2. The number of hydrogen-bond donors (Lipinski definition) is 2. The van der Waals surface area contributed by atoms with Crippen LogP contribution < -0.4 is 5.32 Å².